The van der Waals surface area contributed by atoms with E-state index in [1.54, 1.807) is 6.92 Å². The molecule has 1 aromatic carbocycles. The Hall–Kier alpha value is -2.36. The topological polar surface area (TPSA) is 77.8 Å². The molecule has 6 nitrogen and oxygen atoms in total. The lowest BCUT2D eigenvalue weighted by Crippen LogP contribution is -2.31. The molecule has 2 unspecified atom stereocenters. The fourth-order valence-corrected chi connectivity index (χ4v) is 3.47. The Kier molecular flexibility index (Phi) is 9.17. The van der Waals surface area contributed by atoms with Gasteiger partial charge in [-0.05, 0) is 25.3 Å². The molecule has 5 atom stereocenters. The van der Waals surface area contributed by atoms with Crippen LogP contribution in [0.1, 0.15) is 46.1 Å². The Labute approximate surface area is 173 Å². The lowest BCUT2D eigenvalue weighted by atomic mass is 9.94. The van der Waals surface area contributed by atoms with E-state index in [-0.39, 0.29) is 24.7 Å². The first-order chi connectivity index (χ1) is 14.0. The Bertz CT molecular complexity index is 712. The summed E-state index contributed by atoms with van der Waals surface area (Å²) in [6.45, 7) is 8.42. The smallest absolute Gasteiger partial charge is 0.347 e. The van der Waals surface area contributed by atoms with Crippen LogP contribution in [0, 0.1) is 17.2 Å². The Morgan fingerprint density at radius 3 is 2.59 bits per heavy atom. The first kappa shape index (κ1) is 22.9. The summed E-state index contributed by atoms with van der Waals surface area (Å²) in [6, 6.07) is 12.1. The van der Waals surface area contributed by atoms with Crippen LogP contribution < -0.4 is 0 Å². The summed E-state index contributed by atoms with van der Waals surface area (Å²) in [5.74, 6) is -0.315. The Morgan fingerprint density at radius 1 is 1.28 bits per heavy atom. The molecule has 0 saturated carbocycles. The van der Waals surface area contributed by atoms with Gasteiger partial charge >= 0.3 is 5.97 Å². The van der Waals surface area contributed by atoms with E-state index >= 15 is 0 Å². The first-order valence-electron chi connectivity index (χ1n) is 10.3. The number of carbonyl (C=O) groups is 1. The molecular weight excluding hydrogens is 370 g/mol. The number of nitriles is 1. The zero-order valence-electron chi connectivity index (χ0n) is 17.7. The van der Waals surface area contributed by atoms with Crippen LogP contribution in [0.3, 0.4) is 0 Å². The molecule has 1 aliphatic heterocycles. The van der Waals surface area contributed by atoms with E-state index in [0.29, 0.717) is 18.6 Å². The van der Waals surface area contributed by atoms with Gasteiger partial charge in [0.1, 0.15) is 18.4 Å². The summed E-state index contributed by atoms with van der Waals surface area (Å²) in [4.78, 5) is 12.0. The summed E-state index contributed by atoms with van der Waals surface area (Å²) < 4.78 is 22.9. The summed E-state index contributed by atoms with van der Waals surface area (Å²) in [6.07, 6.45) is 1.03. The average Bonchev–Trinajstić information content (AvgIpc) is 3.06. The van der Waals surface area contributed by atoms with Crippen molar-refractivity contribution in [3.8, 4) is 6.07 Å². The molecule has 0 spiro atoms. The highest BCUT2D eigenvalue weighted by molar-refractivity contribution is 5.74. The third-order valence-electron chi connectivity index (χ3n) is 5.13. The Morgan fingerprint density at radius 2 is 2.00 bits per heavy atom. The van der Waals surface area contributed by atoms with Crippen LogP contribution in [0.15, 0.2) is 42.2 Å². The molecule has 0 radical (unpaired) electrons. The minimum atomic E-state index is -0.747. The summed E-state index contributed by atoms with van der Waals surface area (Å²) in [5, 5.41) is 9.71. The van der Waals surface area contributed by atoms with Crippen LogP contribution in [-0.2, 0) is 30.3 Å². The summed E-state index contributed by atoms with van der Waals surface area (Å²) in [7, 11) is 0. The zero-order chi connectivity index (χ0) is 21.2. The maximum absolute atomic E-state index is 12.0. The fraction of sp³-hybridized carbons (Fsp3) is 0.565. The number of rotatable bonds is 10. The zero-order valence-corrected chi connectivity index (χ0v) is 17.7. The average molecular weight is 402 g/mol. The standard InChI is InChI=1S/C23H31NO5/c1-5-19-16(4)21(28-14-17-11-9-8-10-12-17)22(29-19)18(13-24)15-27-20(6-2)23(25)26-7-3/h8-12,15-16,19-22H,5-7,14H2,1-4H3/t16-,19-,20?,21-,22?/m1/s1. The third-order valence-corrected chi connectivity index (χ3v) is 5.13. The van der Waals surface area contributed by atoms with Crippen LogP contribution in [0.5, 0.6) is 0 Å². The van der Waals surface area contributed by atoms with Crippen molar-refractivity contribution in [3.63, 3.8) is 0 Å². The van der Waals surface area contributed by atoms with Gasteiger partial charge in [-0.15, -0.1) is 0 Å². The van der Waals surface area contributed by atoms with Gasteiger partial charge in [-0.1, -0.05) is 51.1 Å². The van der Waals surface area contributed by atoms with Gasteiger partial charge in [-0.25, -0.2) is 4.79 Å². The van der Waals surface area contributed by atoms with Gasteiger partial charge < -0.3 is 18.9 Å². The number of hydrogen-bond donors (Lipinski definition) is 0. The molecule has 0 N–H and O–H groups in total. The van der Waals surface area contributed by atoms with E-state index in [9.17, 15) is 10.1 Å². The molecule has 6 heteroatoms. The number of benzene rings is 1. The van der Waals surface area contributed by atoms with Gasteiger partial charge in [0.15, 0.2) is 6.10 Å². The van der Waals surface area contributed by atoms with E-state index in [1.165, 1.54) is 6.26 Å². The highest BCUT2D eigenvalue weighted by atomic mass is 16.6. The highest BCUT2D eigenvalue weighted by Crippen LogP contribution is 2.35. The third kappa shape index (κ3) is 6.06. The van der Waals surface area contributed by atoms with Gasteiger partial charge in [0, 0.05) is 5.92 Å². The fourth-order valence-electron chi connectivity index (χ4n) is 3.47. The van der Waals surface area contributed by atoms with Gasteiger partial charge in [-0.2, -0.15) is 5.26 Å². The lowest BCUT2D eigenvalue weighted by Gasteiger charge is -2.22. The quantitative estimate of drug-likeness (QED) is 0.333. The second kappa shape index (κ2) is 11.6. The number of nitrogens with zero attached hydrogens (tertiary/aromatic N) is 1. The van der Waals surface area contributed by atoms with E-state index in [1.807, 2.05) is 37.3 Å². The van der Waals surface area contributed by atoms with E-state index in [0.717, 1.165) is 12.0 Å². The molecule has 0 bridgehead atoms. The second-order valence-corrected chi connectivity index (χ2v) is 7.09. The predicted molar refractivity (Wildman–Crippen MR) is 109 cm³/mol. The van der Waals surface area contributed by atoms with Gasteiger partial charge in [0.05, 0.1) is 31.0 Å². The van der Waals surface area contributed by atoms with E-state index in [2.05, 4.69) is 19.9 Å². The number of carbonyl (C=O) groups excluding carboxylic acids is 1. The van der Waals surface area contributed by atoms with Crippen LogP contribution in [0.4, 0.5) is 0 Å². The second-order valence-electron chi connectivity index (χ2n) is 7.09. The van der Waals surface area contributed by atoms with Crippen molar-refractivity contribution in [2.45, 2.75) is 71.6 Å². The number of hydrogen-bond acceptors (Lipinski definition) is 6. The van der Waals surface area contributed by atoms with Crippen molar-refractivity contribution in [3.05, 3.63) is 47.7 Å². The van der Waals surface area contributed by atoms with E-state index < -0.39 is 18.2 Å². The van der Waals surface area contributed by atoms with Crippen LogP contribution in [0.2, 0.25) is 0 Å². The monoisotopic (exact) mass is 401 g/mol. The molecule has 2 rings (SSSR count). The van der Waals surface area contributed by atoms with Crippen molar-refractivity contribution in [2.24, 2.45) is 5.92 Å². The normalized spacial score (nSPS) is 25.3. The minimum absolute atomic E-state index is 0.00967. The van der Waals surface area contributed by atoms with Crippen molar-refractivity contribution in [1.82, 2.24) is 0 Å². The lowest BCUT2D eigenvalue weighted by molar-refractivity contribution is -0.153. The molecule has 0 aliphatic carbocycles. The molecule has 0 aromatic heterocycles. The van der Waals surface area contributed by atoms with Crippen LogP contribution in [-0.4, -0.2) is 37.0 Å². The SMILES string of the molecule is CCOC(=O)C(CC)OC=C(C#N)C1O[C@H](CC)[C@@H](C)[C@H]1OCc1ccccc1. The summed E-state index contributed by atoms with van der Waals surface area (Å²) in [5.41, 5.74) is 1.37. The molecule has 1 aromatic rings. The molecule has 158 valence electrons. The van der Waals surface area contributed by atoms with Crippen molar-refractivity contribution < 1.29 is 23.7 Å². The maximum atomic E-state index is 12.0. The Balaban J connectivity index is 2.14. The first-order valence-corrected chi connectivity index (χ1v) is 10.3. The maximum Gasteiger partial charge on any atom is 0.347 e. The summed E-state index contributed by atoms with van der Waals surface area (Å²) >= 11 is 0. The minimum Gasteiger partial charge on any atom is -0.485 e. The van der Waals surface area contributed by atoms with Crippen molar-refractivity contribution >= 4 is 5.97 Å². The van der Waals surface area contributed by atoms with Gasteiger partial charge in [0.2, 0.25) is 0 Å². The molecule has 0 amide bonds. The molecule has 29 heavy (non-hydrogen) atoms. The number of esters is 1. The predicted octanol–water partition coefficient (Wildman–Crippen LogP) is 4.15. The largest absolute Gasteiger partial charge is 0.485 e. The molecule has 1 saturated heterocycles. The molecular formula is C23H31NO5. The molecule has 1 aliphatic rings. The van der Waals surface area contributed by atoms with Crippen LogP contribution >= 0.6 is 0 Å². The van der Waals surface area contributed by atoms with Gasteiger partial charge in [-0.3, -0.25) is 0 Å². The highest BCUT2D eigenvalue weighted by Gasteiger charge is 2.44. The van der Waals surface area contributed by atoms with Crippen LogP contribution in [0.25, 0.3) is 0 Å². The molecule has 1 fully saturated rings. The number of ether oxygens (including phenoxy) is 4. The van der Waals surface area contributed by atoms with Crippen molar-refractivity contribution in [2.75, 3.05) is 6.61 Å². The van der Waals surface area contributed by atoms with E-state index in [4.69, 9.17) is 18.9 Å². The van der Waals surface area contributed by atoms with Gasteiger partial charge in [0.25, 0.3) is 0 Å². The molecule has 1 heterocycles. The van der Waals surface area contributed by atoms with Crippen molar-refractivity contribution in [1.29, 1.82) is 5.26 Å².